The van der Waals surface area contributed by atoms with Crippen LogP contribution in [0.3, 0.4) is 0 Å². The van der Waals surface area contributed by atoms with E-state index in [2.05, 4.69) is 20.7 Å². The summed E-state index contributed by atoms with van der Waals surface area (Å²) in [5.41, 5.74) is 4.32. The van der Waals surface area contributed by atoms with Crippen molar-refractivity contribution < 1.29 is 4.39 Å². The summed E-state index contributed by atoms with van der Waals surface area (Å²) in [5.74, 6) is 5.70. The van der Waals surface area contributed by atoms with Gasteiger partial charge in [-0.05, 0) is 31.5 Å². The van der Waals surface area contributed by atoms with E-state index in [9.17, 15) is 4.39 Å². The molecule has 0 amide bonds. The summed E-state index contributed by atoms with van der Waals surface area (Å²) < 4.78 is 13.7. The maximum Gasteiger partial charge on any atom is 0.239 e. The molecule has 1 heterocycles. The molecule has 0 aliphatic carbocycles. The van der Waals surface area contributed by atoms with Crippen LogP contribution in [0.25, 0.3) is 0 Å². The summed E-state index contributed by atoms with van der Waals surface area (Å²) in [6, 6.07) is 6.65. The number of hydrogen-bond acceptors (Lipinski definition) is 5. The van der Waals surface area contributed by atoms with Gasteiger partial charge in [-0.25, -0.2) is 15.2 Å². The van der Waals surface area contributed by atoms with Crippen molar-refractivity contribution in [1.82, 2.24) is 9.97 Å². The van der Waals surface area contributed by atoms with Gasteiger partial charge < -0.3 is 5.32 Å². The van der Waals surface area contributed by atoms with Gasteiger partial charge in [0.25, 0.3) is 0 Å². The van der Waals surface area contributed by atoms with Gasteiger partial charge >= 0.3 is 0 Å². The summed E-state index contributed by atoms with van der Waals surface area (Å²) in [6.07, 6.45) is 0. The molecule has 2 aromatic rings. The van der Waals surface area contributed by atoms with Gasteiger partial charge in [-0.15, -0.1) is 0 Å². The van der Waals surface area contributed by atoms with E-state index in [0.717, 1.165) is 11.3 Å². The third-order valence-electron chi connectivity index (χ3n) is 2.37. The molecule has 5 nitrogen and oxygen atoms in total. The summed E-state index contributed by atoms with van der Waals surface area (Å²) in [7, 11) is 0. The number of nitrogens with one attached hydrogen (secondary N) is 2. The third kappa shape index (κ3) is 2.72. The minimum absolute atomic E-state index is 0.282. The van der Waals surface area contributed by atoms with Crippen LogP contribution >= 0.6 is 0 Å². The lowest BCUT2D eigenvalue weighted by Crippen LogP contribution is -2.12. The molecule has 0 aliphatic heterocycles. The van der Waals surface area contributed by atoms with Crippen molar-refractivity contribution in [2.75, 3.05) is 10.7 Å². The van der Waals surface area contributed by atoms with E-state index in [1.165, 1.54) is 6.07 Å². The Labute approximate surface area is 104 Å². The second kappa shape index (κ2) is 4.97. The number of nitrogens with zero attached hydrogens (tertiary/aromatic N) is 2. The van der Waals surface area contributed by atoms with Crippen molar-refractivity contribution in [3.05, 3.63) is 41.3 Å². The Bertz CT molecular complexity index is 570. The first kappa shape index (κ1) is 12.3. The van der Waals surface area contributed by atoms with E-state index >= 15 is 0 Å². The monoisotopic (exact) mass is 247 g/mol. The highest BCUT2D eigenvalue weighted by atomic mass is 19.1. The Balaban J connectivity index is 2.30. The molecule has 0 atom stereocenters. The van der Waals surface area contributed by atoms with Gasteiger partial charge in [-0.2, -0.15) is 4.98 Å². The minimum atomic E-state index is -0.325. The molecule has 1 aromatic heterocycles. The maximum absolute atomic E-state index is 13.7. The number of nitrogen functional groups attached to an aromatic ring is 1. The average molecular weight is 247 g/mol. The van der Waals surface area contributed by atoms with Crippen molar-refractivity contribution in [3.63, 3.8) is 0 Å². The lowest BCUT2D eigenvalue weighted by molar-refractivity contribution is 0.630. The molecule has 18 heavy (non-hydrogen) atoms. The molecule has 2 rings (SSSR count). The van der Waals surface area contributed by atoms with Gasteiger partial charge in [0.1, 0.15) is 11.6 Å². The number of rotatable bonds is 3. The van der Waals surface area contributed by atoms with Crippen LogP contribution in [0.2, 0.25) is 0 Å². The second-order valence-electron chi connectivity index (χ2n) is 3.97. The summed E-state index contributed by atoms with van der Waals surface area (Å²) in [6.45, 7) is 3.64. The van der Waals surface area contributed by atoms with Gasteiger partial charge in [0.05, 0.1) is 5.69 Å². The number of aromatic nitrogens is 2. The summed E-state index contributed by atoms with van der Waals surface area (Å²) in [5, 5.41) is 2.89. The standard InChI is InChI=1S/C12H14FN5/c1-7-3-4-10(9(13)5-7)16-11-6-8(2)15-12(17-11)18-14/h3-6H,14H2,1-2H3,(H2,15,16,17,18). The molecule has 0 radical (unpaired) electrons. The number of nitrogens with two attached hydrogens (primary N) is 1. The van der Waals surface area contributed by atoms with Crippen LogP contribution in [0, 0.1) is 19.7 Å². The highest BCUT2D eigenvalue weighted by Gasteiger charge is 2.05. The maximum atomic E-state index is 13.7. The number of anilines is 3. The first-order valence-electron chi connectivity index (χ1n) is 5.44. The van der Waals surface area contributed by atoms with Crippen LogP contribution in [0.1, 0.15) is 11.3 Å². The minimum Gasteiger partial charge on any atom is -0.338 e. The molecule has 0 bridgehead atoms. The Morgan fingerprint density at radius 2 is 1.94 bits per heavy atom. The fourth-order valence-corrected chi connectivity index (χ4v) is 1.56. The van der Waals surface area contributed by atoms with E-state index in [-0.39, 0.29) is 11.8 Å². The van der Waals surface area contributed by atoms with Gasteiger partial charge in [0.15, 0.2) is 0 Å². The SMILES string of the molecule is Cc1ccc(Nc2cc(C)nc(NN)n2)c(F)c1. The fourth-order valence-electron chi connectivity index (χ4n) is 1.56. The molecule has 0 unspecified atom stereocenters. The predicted molar refractivity (Wildman–Crippen MR) is 69.0 cm³/mol. The van der Waals surface area contributed by atoms with E-state index in [1.54, 1.807) is 19.1 Å². The quantitative estimate of drug-likeness (QED) is 0.573. The molecule has 4 N–H and O–H groups in total. The molecule has 1 aromatic carbocycles. The van der Waals surface area contributed by atoms with Crippen LogP contribution in [-0.2, 0) is 0 Å². The van der Waals surface area contributed by atoms with E-state index < -0.39 is 0 Å². The number of aryl methyl sites for hydroxylation is 2. The largest absolute Gasteiger partial charge is 0.338 e. The summed E-state index contributed by atoms with van der Waals surface area (Å²) in [4.78, 5) is 8.14. The number of hydrazine groups is 1. The van der Waals surface area contributed by atoms with Crippen LogP contribution < -0.4 is 16.6 Å². The van der Waals surface area contributed by atoms with E-state index in [0.29, 0.717) is 11.5 Å². The second-order valence-corrected chi connectivity index (χ2v) is 3.97. The highest BCUT2D eigenvalue weighted by molar-refractivity contribution is 5.58. The molecular weight excluding hydrogens is 233 g/mol. The number of hydrogen-bond donors (Lipinski definition) is 3. The molecular formula is C12H14FN5. The van der Waals surface area contributed by atoms with Crippen LogP contribution in [0.4, 0.5) is 21.8 Å². The van der Waals surface area contributed by atoms with Crippen molar-refractivity contribution in [3.8, 4) is 0 Å². The first-order chi connectivity index (χ1) is 8.58. The Hall–Kier alpha value is -2.21. The van der Waals surface area contributed by atoms with Gasteiger partial charge in [0.2, 0.25) is 5.95 Å². The van der Waals surface area contributed by atoms with Crippen LogP contribution in [-0.4, -0.2) is 9.97 Å². The zero-order valence-corrected chi connectivity index (χ0v) is 10.2. The number of halogens is 1. The molecule has 0 spiro atoms. The van der Waals surface area contributed by atoms with E-state index in [4.69, 9.17) is 5.84 Å². The van der Waals surface area contributed by atoms with Crippen molar-refractivity contribution in [1.29, 1.82) is 0 Å². The molecule has 94 valence electrons. The number of benzene rings is 1. The van der Waals surface area contributed by atoms with Crippen molar-refractivity contribution in [2.24, 2.45) is 5.84 Å². The lowest BCUT2D eigenvalue weighted by atomic mass is 10.2. The normalized spacial score (nSPS) is 10.2. The fraction of sp³-hybridized carbons (Fsp3) is 0.167. The van der Waals surface area contributed by atoms with Crippen LogP contribution in [0.5, 0.6) is 0 Å². The van der Waals surface area contributed by atoms with Crippen LogP contribution in [0.15, 0.2) is 24.3 Å². The molecule has 0 fully saturated rings. The van der Waals surface area contributed by atoms with Crippen molar-refractivity contribution in [2.45, 2.75) is 13.8 Å². The highest BCUT2D eigenvalue weighted by Crippen LogP contribution is 2.20. The summed E-state index contributed by atoms with van der Waals surface area (Å²) >= 11 is 0. The molecule has 0 saturated carbocycles. The smallest absolute Gasteiger partial charge is 0.239 e. The lowest BCUT2D eigenvalue weighted by Gasteiger charge is -2.09. The Morgan fingerprint density at radius 3 is 2.61 bits per heavy atom. The van der Waals surface area contributed by atoms with E-state index in [1.807, 2.05) is 13.0 Å². The Kier molecular flexibility index (Phi) is 3.38. The zero-order valence-electron chi connectivity index (χ0n) is 10.2. The van der Waals surface area contributed by atoms with Gasteiger partial charge in [-0.1, -0.05) is 6.07 Å². The first-order valence-corrected chi connectivity index (χ1v) is 5.44. The van der Waals surface area contributed by atoms with Gasteiger partial charge in [0, 0.05) is 11.8 Å². The predicted octanol–water partition coefficient (Wildman–Crippen LogP) is 2.26. The average Bonchev–Trinajstić information content (AvgIpc) is 2.32. The third-order valence-corrected chi connectivity index (χ3v) is 2.37. The molecule has 0 aliphatic rings. The topological polar surface area (TPSA) is 75.9 Å². The molecule has 0 saturated heterocycles. The molecule has 6 heteroatoms. The van der Waals surface area contributed by atoms with Crippen molar-refractivity contribution >= 4 is 17.5 Å². The zero-order chi connectivity index (χ0) is 13.1. The Morgan fingerprint density at radius 1 is 1.17 bits per heavy atom. The van der Waals surface area contributed by atoms with Gasteiger partial charge in [-0.3, -0.25) is 5.43 Å².